The number of allylic oxidation sites excluding steroid dienone is 11. The first-order chi connectivity index (χ1) is 7.33. The molecule has 0 spiro atoms. The van der Waals surface area contributed by atoms with Crippen LogP contribution in [0.25, 0.3) is 0 Å². The van der Waals surface area contributed by atoms with Gasteiger partial charge in [0.25, 0.3) is 0 Å². The van der Waals surface area contributed by atoms with Crippen molar-refractivity contribution in [3.63, 3.8) is 0 Å². The van der Waals surface area contributed by atoms with Crippen LogP contribution in [0.15, 0.2) is 73.4 Å². The molecule has 0 heteroatoms. The zero-order chi connectivity index (χ0) is 11.8. The summed E-state index contributed by atoms with van der Waals surface area (Å²) in [5.74, 6) is 0. The first-order valence-corrected chi connectivity index (χ1v) is 5.14. The molecule has 15 heavy (non-hydrogen) atoms. The van der Waals surface area contributed by atoms with E-state index in [0.29, 0.717) is 0 Å². The van der Waals surface area contributed by atoms with Crippen LogP contribution in [0.3, 0.4) is 0 Å². The van der Waals surface area contributed by atoms with Gasteiger partial charge in [0.05, 0.1) is 0 Å². The van der Waals surface area contributed by atoms with Crippen LogP contribution in [-0.4, -0.2) is 0 Å². The van der Waals surface area contributed by atoms with Crippen molar-refractivity contribution in [3.8, 4) is 0 Å². The van der Waals surface area contributed by atoms with Crippen LogP contribution in [0.5, 0.6) is 0 Å². The SMILES string of the molecule is C=C/C=C/C=C/C.C\C=C/C=C\C=C/C. The summed E-state index contributed by atoms with van der Waals surface area (Å²) in [5.41, 5.74) is 0. The number of hydrogen-bond donors (Lipinski definition) is 0. The minimum Gasteiger partial charge on any atom is -0.0991 e. The van der Waals surface area contributed by atoms with Crippen molar-refractivity contribution in [2.45, 2.75) is 20.8 Å². The molecule has 0 saturated heterocycles. The summed E-state index contributed by atoms with van der Waals surface area (Å²) in [7, 11) is 0. The molecule has 0 radical (unpaired) electrons. The topological polar surface area (TPSA) is 0 Å². The Morgan fingerprint density at radius 3 is 1.13 bits per heavy atom. The summed E-state index contributed by atoms with van der Waals surface area (Å²) >= 11 is 0. The van der Waals surface area contributed by atoms with E-state index in [0.717, 1.165) is 0 Å². The molecule has 0 unspecified atom stereocenters. The van der Waals surface area contributed by atoms with E-state index in [9.17, 15) is 0 Å². The van der Waals surface area contributed by atoms with Crippen LogP contribution in [0.2, 0.25) is 0 Å². The fourth-order valence-electron chi connectivity index (χ4n) is 0.604. The molecule has 0 nitrogen and oxygen atoms in total. The fraction of sp³-hybridized carbons (Fsp3) is 0.200. The highest BCUT2D eigenvalue weighted by Crippen LogP contribution is 1.77. The van der Waals surface area contributed by atoms with Crippen molar-refractivity contribution in [1.29, 1.82) is 0 Å². The van der Waals surface area contributed by atoms with Crippen molar-refractivity contribution < 1.29 is 0 Å². The van der Waals surface area contributed by atoms with Gasteiger partial charge < -0.3 is 0 Å². The van der Waals surface area contributed by atoms with Crippen LogP contribution in [0, 0.1) is 0 Å². The van der Waals surface area contributed by atoms with E-state index in [1.54, 1.807) is 6.08 Å². The minimum atomic E-state index is 1.75. The maximum absolute atomic E-state index is 3.51. The van der Waals surface area contributed by atoms with E-state index in [2.05, 4.69) is 6.58 Å². The highest BCUT2D eigenvalue weighted by atomic mass is 13.6. The summed E-state index contributed by atoms with van der Waals surface area (Å²) in [5, 5.41) is 0. The highest BCUT2D eigenvalue weighted by molar-refractivity contribution is 5.09. The van der Waals surface area contributed by atoms with Gasteiger partial charge in [-0.2, -0.15) is 0 Å². The zero-order valence-corrected chi connectivity index (χ0v) is 10.1. The lowest BCUT2D eigenvalue weighted by atomic mass is 10.4. The average molecular weight is 202 g/mol. The molecule has 0 bridgehead atoms. The Hall–Kier alpha value is -1.56. The number of rotatable bonds is 4. The third-order valence-corrected chi connectivity index (χ3v) is 1.27. The second-order valence-electron chi connectivity index (χ2n) is 2.58. The monoisotopic (exact) mass is 202 g/mol. The van der Waals surface area contributed by atoms with Crippen molar-refractivity contribution in [3.05, 3.63) is 73.4 Å². The Morgan fingerprint density at radius 2 is 0.867 bits per heavy atom. The van der Waals surface area contributed by atoms with Gasteiger partial charge in [0.2, 0.25) is 0 Å². The largest absolute Gasteiger partial charge is 0.0991 e. The van der Waals surface area contributed by atoms with Crippen molar-refractivity contribution in [2.24, 2.45) is 0 Å². The summed E-state index contributed by atoms with van der Waals surface area (Å²) < 4.78 is 0. The van der Waals surface area contributed by atoms with Gasteiger partial charge in [0.1, 0.15) is 0 Å². The van der Waals surface area contributed by atoms with Gasteiger partial charge in [-0.1, -0.05) is 73.4 Å². The number of hydrogen-bond acceptors (Lipinski definition) is 0. The third kappa shape index (κ3) is 24.5. The smallest absolute Gasteiger partial charge is 0.0467 e. The predicted molar refractivity (Wildman–Crippen MR) is 72.9 cm³/mol. The summed E-state index contributed by atoms with van der Waals surface area (Å²) in [4.78, 5) is 0. The van der Waals surface area contributed by atoms with Crippen molar-refractivity contribution >= 4 is 0 Å². The lowest BCUT2D eigenvalue weighted by Gasteiger charge is -1.68. The summed E-state index contributed by atoms with van der Waals surface area (Å²) in [6, 6.07) is 0. The molecular weight excluding hydrogens is 180 g/mol. The van der Waals surface area contributed by atoms with E-state index in [-0.39, 0.29) is 0 Å². The Balaban J connectivity index is 0. The molecular formula is C15H22. The molecule has 0 heterocycles. The molecule has 0 amide bonds. The molecule has 0 aliphatic heterocycles. The maximum atomic E-state index is 3.51. The van der Waals surface area contributed by atoms with Gasteiger partial charge in [-0.05, 0) is 20.8 Å². The third-order valence-electron chi connectivity index (χ3n) is 1.27. The molecule has 0 aromatic rings. The first-order valence-electron chi connectivity index (χ1n) is 5.14. The molecule has 0 atom stereocenters. The van der Waals surface area contributed by atoms with E-state index in [1.165, 1.54) is 0 Å². The summed E-state index contributed by atoms with van der Waals surface area (Å²) in [6.45, 7) is 9.49. The quantitative estimate of drug-likeness (QED) is 0.563. The lowest BCUT2D eigenvalue weighted by molar-refractivity contribution is 1.71. The zero-order valence-electron chi connectivity index (χ0n) is 10.1. The molecule has 0 N–H and O–H groups in total. The predicted octanol–water partition coefficient (Wildman–Crippen LogP) is 5.00. The van der Waals surface area contributed by atoms with E-state index in [4.69, 9.17) is 0 Å². The fourth-order valence-corrected chi connectivity index (χ4v) is 0.604. The Bertz CT molecular complexity index is 233. The molecule has 0 aliphatic carbocycles. The Morgan fingerprint density at radius 1 is 0.533 bits per heavy atom. The molecule has 0 fully saturated rings. The minimum absolute atomic E-state index is 1.75. The molecule has 82 valence electrons. The van der Waals surface area contributed by atoms with Gasteiger partial charge in [0.15, 0.2) is 0 Å². The Kier molecular flexibility index (Phi) is 19.4. The lowest BCUT2D eigenvalue weighted by Crippen LogP contribution is -1.46. The molecule has 0 aliphatic rings. The van der Waals surface area contributed by atoms with Crippen molar-refractivity contribution in [1.82, 2.24) is 0 Å². The molecule has 0 aromatic carbocycles. The van der Waals surface area contributed by atoms with Gasteiger partial charge >= 0.3 is 0 Å². The van der Waals surface area contributed by atoms with Gasteiger partial charge in [-0.25, -0.2) is 0 Å². The highest BCUT2D eigenvalue weighted by Gasteiger charge is 1.55. The van der Waals surface area contributed by atoms with Crippen LogP contribution in [0.1, 0.15) is 20.8 Å². The second kappa shape index (κ2) is 18.3. The normalized spacial score (nSPS) is 11.9. The van der Waals surface area contributed by atoms with Crippen LogP contribution < -0.4 is 0 Å². The molecule has 0 aromatic heterocycles. The van der Waals surface area contributed by atoms with E-state index < -0.39 is 0 Å². The first kappa shape index (κ1) is 15.9. The van der Waals surface area contributed by atoms with Crippen LogP contribution >= 0.6 is 0 Å². The average Bonchev–Trinajstić information content (AvgIpc) is 2.26. The Labute approximate surface area is 94.7 Å². The van der Waals surface area contributed by atoms with Crippen LogP contribution in [-0.2, 0) is 0 Å². The van der Waals surface area contributed by atoms with E-state index in [1.807, 2.05) is 81.5 Å². The second-order valence-corrected chi connectivity index (χ2v) is 2.58. The van der Waals surface area contributed by atoms with Gasteiger partial charge in [-0.15, -0.1) is 0 Å². The standard InChI is InChI=1S/C8H12.C7H10/c1-3-5-7-8-6-4-2;1-3-5-7-6-4-2/h3-8H,1-2H3;3-7H,1H2,2H3/b5-3-,6-4-,8-7-;6-4+,7-5+. The molecule has 0 saturated carbocycles. The van der Waals surface area contributed by atoms with Crippen LogP contribution in [0.4, 0.5) is 0 Å². The maximum Gasteiger partial charge on any atom is -0.0467 e. The van der Waals surface area contributed by atoms with Gasteiger partial charge in [0, 0.05) is 0 Å². The molecule has 0 rings (SSSR count). The summed E-state index contributed by atoms with van der Waals surface area (Å²) in [6.07, 6.45) is 21.5. The van der Waals surface area contributed by atoms with Gasteiger partial charge in [-0.3, -0.25) is 0 Å². The van der Waals surface area contributed by atoms with E-state index >= 15 is 0 Å². The van der Waals surface area contributed by atoms with Crippen molar-refractivity contribution in [2.75, 3.05) is 0 Å².